The monoisotopic (exact) mass is 457 g/mol. The van der Waals surface area contributed by atoms with E-state index in [9.17, 15) is 4.79 Å². The van der Waals surface area contributed by atoms with E-state index in [-0.39, 0.29) is 5.91 Å². The van der Waals surface area contributed by atoms with Gasteiger partial charge in [-0.2, -0.15) is 0 Å². The van der Waals surface area contributed by atoms with Crippen LogP contribution in [0.3, 0.4) is 0 Å². The largest absolute Gasteiger partial charge is 0.350 e. The third-order valence-electron chi connectivity index (χ3n) is 9.43. The van der Waals surface area contributed by atoms with E-state index in [2.05, 4.69) is 58.0 Å². The van der Waals surface area contributed by atoms with Crippen LogP contribution < -0.4 is 10.6 Å². The first kappa shape index (κ1) is 22.3. The third-order valence-corrected chi connectivity index (χ3v) is 9.43. The summed E-state index contributed by atoms with van der Waals surface area (Å²) in [6.07, 6.45) is 8.95. The van der Waals surface area contributed by atoms with Gasteiger partial charge in [0.1, 0.15) is 5.54 Å². The fraction of sp³-hybridized carbons (Fsp3) is 0.567. The molecule has 5 fully saturated rings. The van der Waals surface area contributed by atoms with Gasteiger partial charge in [0.25, 0.3) is 0 Å². The van der Waals surface area contributed by atoms with Crippen molar-refractivity contribution < 1.29 is 4.79 Å². The van der Waals surface area contributed by atoms with Gasteiger partial charge < -0.3 is 10.6 Å². The summed E-state index contributed by atoms with van der Waals surface area (Å²) in [5.74, 6) is 2.70. The molecule has 2 saturated carbocycles. The van der Waals surface area contributed by atoms with E-state index in [1.54, 1.807) is 0 Å². The Kier molecular flexibility index (Phi) is 6.21. The maximum absolute atomic E-state index is 14.0. The second kappa shape index (κ2) is 9.47. The van der Waals surface area contributed by atoms with E-state index in [4.69, 9.17) is 0 Å². The lowest BCUT2D eigenvalue weighted by molar-refractivity contribution is -0.138. The number of hydrogen-bond acceptors (Lipinski definition) is 3. The van der Waals surface area contributed by atoms with E-state index >= 15 is 0 Å². The van der Waals surface area contributed by atoms with Crippen molar-refractivity contribution >= 4 is 5.91 Å². The van der Waals surface area contributed by atoms with Gasteiger partial charge in [-0.3, -0.25) is 9.69 Å². The molecule has 2 aromatic carbocycles. The van der Waals surface area contributed by atoms with Crippen molar-refractivity contribution in [2.24, 2.45) is 23.7 Å². The number of benzene rings is 2. The number of hydrogen-bond donors (Lipinski definition) is 2. The van der Waals surface area contributed by atoms with Crippen LogP contribution in [0.15, 0.2) is 60.7 Å². The number of likely N-dealkylation sites (tertiary alicyclic amines) is 1. The van der Waals surface area contributed by atoms with Crippen LogP contribution in [0.2, 0.25) is 0 Å². The standard InChI is InChI=1S/C30H39N3O/c34-29(31-18-23-12-6-2-7-13-23)30-17-25-21-33(20-24-14-8-3-9-15-24)28(26(25)19-32-30)27(30)16-22-10-4-1-5-11-22/h1-2,4-7,10-13,24-28,32H,3,8-9,14-21H2,(H,31,34)/t25-,26-,27+,28-,30+/m1/s1. The molecule has 3 heterocycles. The molecule has 0 radical (unpaired) electrons. The first-order valence-corrected chi connectivity index (χ1v) is 13.6. The van der Waals surface area contributed by atoms with Crippen molar-refractivity contribution in [1.82, 2.24) is 15.5 Å². The lowest BCUT2D eigenvalue weighted by Crippen LogP contribution is -2.74. The normalized spacial score (nSPS) is 33.2. The average molecular weight is 458 g/mol. The molecule has 5 atom stereocenters. The predicted molar refractivity (Wildman–Crippen MR) is 136 cm³/mol. The van der Waals surface area contributed by atoms with Gasteiger partial charge in [-0.25, -0.2) is 0 Å². The molecule has 1 amide bonds. The van der Waals surface area contributed by atoms with Gasteiger partial charge in [0.05, 0.1) is 0 Å². The van der Waals surface area contributed by atoms with Crippen LogP contribution >= 0.6 is 0 Å². The highest BCUT2D eigenvalue weighted by Gasteiger charge is 2.64. The SMILES string of the molecule is O=C(NCc1ccccc1)[C@@]12C[C@@H]3CN(CC4CCCCC4)[C@H]([C@@H]3CN1)[C@@H]2Cc1ccccc1. The molecule has 34 heavy (non-hydrogen) atoms. The molecule has 7 rings (SSSR count). The zero-order valence-electron chi connectivity index (χ0n) is 20.3. The number of amides is 1. The van der Waals surface area contributed by atoms with Crippen LogP contribution in [-0.4, -0.2) is 42.0 Å². The highest BCUT2D eigenvalue weighted by Crippen LogP contribution is 2.53. The Hall–Kier alpha value is -2.17. The summed E-state index contributed by atoms with van der Waals surface area (Å²) in [6.45, 7) is 4.02. The Morgan fingerprint density at radius 2 is 1.68 bits per heavy atom. The van der Waals surface area contributed by atoms with E-state index in [1.165, 1.54) is 56.3 Å². The van der Waals surface area contributed by atoms with Crippen LogP contribution in [0.1, 0.15) is 49.7 Å². The number of carbonyl (C=O) groups excluding carboxylic acids is 1. The summed E-state index contributed by atoms with van der Waals surface area (Å²) in [5, 5.41) is 7.17. The molecule has 180 valence electrons. The summed E-state index contributed by atoms with van der Waals surface area (Å²) in [4.78, 5) is 16.8. The Balaban J connectivity index is 1.27. The lowest BCUT2D eigenvalue weighted by Gasteiger charge is -2.56. The van der Waals surface area contributed by atoms with E-state index in [1.807, 2.05) is 18.2 Å². The molecule has 0 spiro atoms. The zero-order chi connectivity index (χ0) is 23.0. The van der Waals surface area contributed by atoms with E-state index < -0.39 is 5.54 Å². The molecule has 3 saturated heterocycles. The maximum Gasteiger partial charge on any atom is 0.240 e. The minimum Gasteiger partial charge on any atom is -0.350 e. The summed E-state index contributed by atoms with van der Waals surface area (Å²) in [7, 11) is 0. The molecule has 4 heteroatoms. The zero-order valence-corrected chi connectivity index (χ0v) is 20.3. The fourth-order valence-corrected chi connectivity index (χ4v) is 7.86. The topological polar surface area (TPSA) is 44.4 Å². The quantitative estimate of drug-likeness (QED) is 0.648. The number of fused-ring (bicyclic) bond motifs is 1. The summed E-state index contributed by atoms with van der Waals surface area (Å²) in [5.41, 5.74) is 2.06. The van der Waals surface area contributed by atoms with Gasteiger partial charge in [-0.1, -0.05) is 79.9 Å². The highest BCUT2D eigenvalue weighted by molar-refractivity contribution is 5.87. The molecule has 4 bridgehead atoms. The van der Waals surface area contributed by atoms with Crippen molar-refractivity contribution in [3.63, 3.8) is 0 Å². The number of carbonyl (C=O) groups is 1. The predicted octanol–water partition coefficient (Wildman–Crippen LogP) is 4.40. The second-order valence-corrected chi connectivity index (χ2v) is 11.4. The molecule has 0 unspecified atom stereocenters. The van der Waals surface area contributed by atoms with Crippen molar-refractivity contribution in [3.8, 4) is 0 Å². The summed E-state index contributed by atoms with van der Waals surface area (Å²) < 4.78 is 0. The number of nitrogens with zero attached hydrogens (tertiary/aromatic N) is 1. The molecule has 2 aromatic rings. The van der Waals surface area contributed by atoms with Gasteiger partial charge >= 0.3 is 0 Å². The van der Waals surface area contributed by atoms with E-state index in [0.717, 1.165) is 25.3 Å². The molecule has 3 aliphatic heterocycles. The first-order valence-electron chi connectivity index (χ1n) is 13.6. The van der Waals surface area contributed by atoms with E-state index in [0.29, 0.717) is 30.3 Å². The Morgan fingerprint density at radius 3 is 2.41 bits per heavy atom. The Bertz CT molecular complexity index is 973. The Morgan fingerprint density at radius 1 is 0.971 bits per heavy atom. The first-order chi connectivity index (χ1) is 16.7. The van der Waals surface area contributed by atoms with Crippen LogP contribution in [0.25, 0.3) is 0 Å². The lowest BCUT2D eigenvalue weighted by atomic mass is 9.58. The third kappa shape index (κ3) is 4.09. The molecular weight excluding hydrogens is 418 g/mol. The van der Waals surface area contributed by atoms with Crippen LogP contribution in [0.4, 0.5) is 0 Å². The maximum atomic E-state index is 14.0. The Labute approximate surface area is 204 Å². The van der Waals surface area contributed by atoms with Crippen molar-refractivity contribution in [2.75, 3.05) is 19.6 Å². The average Bonchev–Trinajstić information content (AvgIpc) is 3.19. The molecule has 5 aliphatic rings. The molecule has 2 N–H and O–H groups in total. The van der Waals surface area contributed by atoms with Crippen LogP contribution in [-0.2, 0) is 17.8 Å². The van der Waals surface area contributed by atoms with Crippen molar-refractivity contribution in [2.45, 2.75) is 63.1 Å². The molecule has 0 aromatic heterocycles. The number of rotatable bonds is 7. The van der Waals surface area contributed by atoms with Crippen molar-refractivity contribution in [3.05, 3.63) is 71.8 Å². The molecule has 2 aliphatic carbocycles. The number of piperidine rings is 2. The molecule has 4 nitrogen and oxygen atoms in total. The van der Waals surface area contributed by atoms with Crippen LogP contribution in [0, 0.1) is 23.7 Å². The van der Waals surface area contributed by atoms with Gasteiger partial charge in [0.2, 0.25) is 5.91 Å². The smallest absolute Gasteiger partial charge is 0.240 e. The van der Waals surface area contributed by atoms with Gasteiger partial charge in [0, 0.05) is 38.1 Å². The summed E-state index contributed by atoms with van der Waals surface area (Å²) >= 11 is 0. The fourth-order valence-electron chi connectivity index (χ4n) is 7.86. The minimum absolute atomic E-state index is 0.213. The van der Waals surface area contributed by atoms with Gasteiger partial charge in [-0.05, 0) is 54.6 Å². The van der Waals surface area contributed by atoms with Gasteiger partial charge in [-0.15, -0.1) is 0 Å². The van der Waals surface area contributed by atoms with Gasteiger partial charge in [0.15, 0.2) is 0 Å². The number of nitrogens with one attached hydrogen (secondary N) is 2. The summed E-state index contributed by atoms with van der Waals surface area (Å²) in [6, 6.07) is 21.7. The molecular formula is C30H39N3O. The highest BCUT2D eigenvalue weighted by atomic mass is 16.2. The van der Waals surface area contributed by atoms with Crippen LogP contribution in [0.5, 0.6) is 0 Å². The van der Waals surface area contributed by atoms with Crippen molar-refractivity contribution in [1.29, 1.82) is 0 Å². The second-order valence-electron chi connectivity index (χ2n) is 11.4. The minimum atomic E-state index is -0.462.